The van der Waals surface area contributed by atoms with Gasteiger partial charge in [-0.05, 0) is 104 Å². The maximum atomic E-state index is 2.51. The average Bonchev–Trinajstić information content (AvgIpc) is 3.86. The van der Waals surface area contributed by atoms with Gasteiger partial charge < -0.3 is 4.57 Å². The van der Waals surface area contributed by atoms with Crippen LogP contribution in [0.5, 0.6) is 0 Å². The summed E-state index contributed by atoms with van der Waals surface area (Å²) in [6.07, 6.45) is 0.974. The third-order valence-electron chi connectivity index (χ3n) is 11.3. The van der Waals surface area contributed by atoms with Crippen LogP contribution < -0.4 is 0 Å². The van der Waals surface area contributed by atoms with Crippen molar-refractivity contribution in [2.24, 2.45) is 0 Å². The third-order valence-corrected chi connectivity index (χ3v) is 11.3. The number of fused-ring (bicyclic) bond motifs is 10. The first-order valence-electron chi connectivity index (χ1n) is 17.9. The molecule has 1 aromatic heterocycles. The molecule has 0 bridgehead atoms. The van der Waals surface area contributed by atoms with Crippen molar-refractivity contribution in [3.63, 3.8) is 0 Å². The van der Waals surface area contributed by atoms with Gasteiger partial charge in [-0.2, -0.15) is 0 Å². The lowest BCUT2D eigenvalue weighted by molar-refractivity contribution is 1.02. The van der Waals surface area contributed by atoms with E-state index in [1.54, 1.807) is 0 Å². The molecule has 9 aromatic rings. The van der Waals surface area contributed by atoms with E-state index in [-0.39, 0.29) is 5.92 Å². The van der Waals surface area contributed by atoms with Crippen LogP contribution in [0.1, 0.15) is 33.7 Å². The zero-order valence-electron chi connectivity index (χ0n) is 28.1. The maximum absolute atomic E-state index is 2.51. The fourth-order valence-electron chi connectivity index (χ4n) is 8.99. The summed E-state index contributed by atoms with van der Waals surface area (Å²) in [7, 11) is 0. The Bertz CT molecular complexity index is 2800. The van der Waals surface area contributed by atoms with Gasteiger partial charge in [0.05, 0.1) is 11.0 Å². The molecule has 1 heteroatoms. The number of nitrogens with zero attached hydrogens (tertiary/aromatic N) is 1. The van der Waals surface area contributed by atoms with Gasteiger partial charge in [-0.25, -0.2) is 0 Å². The van der Waals surface area contributed by atoms with Gasteiger partial charge in [0, 0.05) is 27.9 Å². The Morgan fingerprint density at radius 3 is 1.90 bits per heavy atom. The van der Waals surface area contributed by atoms with Gasteiger partial charge in [0.2, 0.25) is 0 Å². The van der Waals surface area contributed by atoms with Gasteiger partial charge in [-0.3, -0.25) is 0 Å². The Hall–Kier alpha value is -6.44. The molecule has 0 fully saturated rings. The fraction of sp³-hybridized carbons (Fsp3) is 0.0400. The van der Waals surface area contributed by atoms with Gasteiger partial charge in [0.25, 0.3) is 0 Å². The normalized spacial score (nSPS) is 14.0. The van der Waals surface area contributed by atoms with Crippen molar-refractivity contribution in [3.8, 4) is 50.2 Å². The van der Waals surface area contributed by atoms with Crippen molar-refractivity contribution in [2.45, 2.75) is 12.3 Å². The summed E-state index contributed by atoms with van der Waals surface area (Å²) in [5.41, 5.74) is 21.0. The van der Waals surface area contributed by atoms with Crippen molar-refractivity contribution >= 4 is 21.8 Å². The zero-order chi connectivity index (χ0) is 33.5. The van der Waals surface area contributed by atoms with Crippen LogP contribution >= 0.6 is 0 Å². The maximum Gasteiger partial charge on any atom is 0.0622 e. The van der Waals surface area contributed by atoms with E-state index in [1.165, 1.54) is 99.8 Å². The lowest BCUT2D eigenvalue weighted by Crippen LogP contribution is -1.98. The molecule has 1 nitrogen and oxygen atoms in total. The first-order chi connectivity index (χ1) is 25.3. The molecular weight excluding hydrogens is 615 g/mol. The molecule has 1 atom stereocenters. The zero-order valence-corrected chi connectivity index (χ0v) is 28.1. The quantitative estimate of drug-likeness (QED) is 0.179. The number of hydrogen-bond donors (Lipinski definition) is 0. The molecule has 0 aliphatic heterocycles. The van der Waals surface area contributed by atoms with Crippen molar-refractivity contribution in [2.75, 3.05) is 0 Å². The molecule has 2 aliphatic carbocycles. The van der Waals surface area contributed by atoms with E-state index in [4.69, 9.17) is 0 Å². The van der Waals surface area contributed by atoms with Gasteiger partial charge in [-0.15, -0.1) is 0 Å². The van der Waals surface area contributed by atoms with E-state index in [9.17, 15) is 0 Å². The van der Waals surface area contributed by atoms with Gasteiger partial charge in [-0.1, -0.05) is 152 Å². The second-order valence-corrected chi connectivity index (χ2v) is 14.0. The molecule has 11 rings (SSSR count). The lowest BCUT2D eigenvalue weighted by Gasteiger charge is -2.14. The number of aromatic nitrogens is 1. The Balaban J connectivity index is 1.11. The molecule has 238 valence electrons. The van der Waals surface area contributed by atoms with Crippen LogP contribution in [-0.2, 0) is 6.42 Å². The van der Waals surface area contributed by atoms with Gasteiger partial charge >= 0.3 is 0 Å². The SMILES string of the molecule is c1ccc(-c2ccc(-n3c4ccc(-c5ccc6c(c5)-c5ccccc5C6c5ccccc5)cc4c4ccc5c(c43)-c3ccccc3C5)cc2)cc1. The summed E-state index contributed by atoms with van der Waals surface area (Å²) >= 11 is 0. The highest BCUT2D eigenvalue weighted by molar-refractivity contribution is 6.16. The summed E-state index contributed by atoms with van der Waals surface area (Å²) < 4.78 is 2.51. The van der Waals surface area contributed by atoms with Gasteiger partial charge in [0.1, 0.15) is 0 Å². The number of benzene rings is 8. The summed E-state index contributed by atoms with van der Waals surface area (Å²) in [6.45, 7) is 0. The largest absolute Gasteiger partial charge is 0.309 e. The van der Waals surface area contributed by atoms with Crippen molar-refractivity contribution in [3.05, 3.63) is 210 Å². The molecule has 0 N–H and O–H groups in total. The van der Waals surface area contributed by atoms with E-state index < -0.39 is 0 Å². The van der Waals surface area contributed by atoms with Crippen molar-refractivity contribution in [1.29, 1.82) is 0 Å². The smallest absolute Gasteiger partial charge is 0.0622 e. The molecule has 0 radical (unpaired) electrons. The van der Waals surface area contributed by atoms with Crippen LogP contribution in [0.25, 0.3) is 72.0 Å². The molecule has 1 unspecified atom stereocenters. The van der Waals surface area contributed by atoms with E-state index in [0.717, 1.165) is 6.42 Å². The Labute approximate surface area is 297 Å². The second kappa shape index (κ2) is 11.0. The predicted molar refractivity (Wildman–Crippen MR) is 213 cm³/mol. The highest BCUT2D eigenvalue weighted by Crippen LogP contribution is 2.50. The van der Waals surface area contributed by atoms with Crippen LogP contribution in [0.3, 0.4) is 0 Å². The summed E-state index contributed by atoms with van der Waals surface area (Å²) in [5.74, 6) is 0.255. The minimum Gasteiger partial charge on any atom is -0.309 e. The summed E-state index contributed by atoms with van der Waals surface area (Å²) in [4.78, 5) is 0. The molecular formula is C50H33N. The fourth-order valence-corrected chi connectivity index (χ4v) is 8.99. The van der Waals surface area contributed by atoms with Crippen LogP contribution in [0.4, 0.5) is 0 Å². The molecule has 0 spiro atoms. The highest BCUT2D eigenvalue weighted by atomic mass is 15.0. The topological polar surface area (TPSA) is 4.93 Å². The molecule has 2 aliphatic rings. The van der Waals surface area contributed by atoms with Crippen LogP contribution in [0, 0.1) is 0 Å². The Kier molecular flexibility index (Phi) is 6.15. The number of hydrogen-bond acceptors (Lipinski definition) is 0. The van der Waals surface area contributed by atoms with E-state index >= 15 is 0 Å². The van der Waals surface area contributed by atoms with E-state index in [0.29, 0.717) is 0 Å². The molecule has 0 amide bonds. The number of rotatable bonds is 4. The van der Waals surface area contributed by atoms with Crippen molar-refractivity contribution in [1.82, 2.24) is 4.57 Å². The minimum atomic E-state index is 0.255. The van der Waals surface area contributed by atoms with Crippen LogP contribution in [-0.4, -0.2) is 4.57 Å². The molecule has 0 saturated carbocycles. The van der Waals surface area contributed by atoms with E-state index in [1.807, 2.05) is 0 Å². The molecule has 0 saturated heterocycles. The van der Waals surface area contributed by atoms with Crippen molar-refractivity contribution < 1.29 is 0 Å². The van der Waals surface area contributed by atoms with Crippen LogP contribution in [0.15, 0.2) is 182 Å². The molecule has 8 aromatic carbocycles. The predicted octanol–water partition coefficient (Wildman–Crippen LogP) is 12.8. The standard InChI is InChI=1S/C50H33N/c1-3-11-32(12-4-1)33-19-24-39(25-20-33)51-47-28-23-36(31-46(47)44-27-22-38-29-37-15-7-8-16-40(37)49(38)50(44)51)35-21-26-43-45(30-35)41-17-9-10-18-42(41)48(43)34-13-5-2-6-14-34/h1-28,30-31,48H,29H2. The Morgan fingerprint density at radius 2 is 1.06 bits per heavy atom. The molecule has 51 heavy (non-hydrogen) atoms. The van der Waals surface area contributed by atoms with Gasteiger partial charge in [0.15, 0.2) is 0 Å². The highest BCUT2D eigenvalue weighted by Gasteiger charge is 2.30. The monoisotopic (exact) mass is 647 g/mol. The average molecular weight is 648 g/mol. The summed E-state index contributed by atoms with van der Waals surface area (Å²) in [5, 5.41) is 2.58. The first kappa shape index (κ1) is 28.4. The Morgan fingerprint density at radius 1 is 0.412 bits per heavy atom. The third kappa shape index (κ3) is 4.28. The lowest BCUT2D eigenvalue weighted by atomic mass is 9.89. The summed E-state index contributed by atoms with van der Waals surface area (Å²) in [6, 6.07) is 67.5. The van der Waals surface area contributed by atoms with E-state index in [2.05, 4.69) is 187 Å². The van der Waals surface area contributed by atoms with Crippen LogP contribution in [0.2, 0.25) is 0 Å². The minimum absolute atomic E-state index is 0.255. The second-order valence-electron chi connectivity index (χ2n) is 14.0. The first-order valence-corrected chi connectivity index (χ1v) is 17.9. The molecule has 1 heterocycles.